The molecule has 1 aromatic heterocycles. The van der Waals surface area contributed by atoms with Crippen LogP contribution >= 0.6 is 0 Å². The van der Waals surface area contributed by atoms with Crippen molar-refractivity contribution in [1.82, 2.24) is 5.16 Å². The van der Waals surface area contributed by atoms with E-state index in [2.05, 4.69) is 10.5 Å². The van der Waals surface area contributed by atoms with E-state index in [-0.39, 0.29) is 5.56 Å². The van der Waals surface area contributed by atoms with Crippen LogP contribution in [0.1, 0.15) is 19.3 Å². The highest BCUT2D eigenvalue weighted by Crippen LogP contribution is 2.32. The Hall–Kier alpha value is -2.83. The average molecular weight is 301 g/mol. The molecule has 1 heterocycles. The van der Waals surface area contributed by atoms with Crippen LogP contribution in [0.25, 0.3) is 11.0 Å². The molecule has 114 valence electrons. The summed E-state index contributed by atoms with van der Waals surface area (Å²) >= 11 is 0. The number of carbonyl (C=O) groups is 2. The number of aromatic amines is 1. The molecule has 1 atom stereocenters. The van der Waals surface area contributed by atoms with Gasteiger partial charge in [0.15, 0.2) is 5.58 Å². The second-order valence-corrected chi connectivity index (χ2v) is 5.33. The van der Waals surface area contributed by atoms with Crippen molar-refractivity contribution in [3.63, 3.8) is 0 Å². The fourth-order valence-corrected chi connectivity index (χ4v) is 2.65. The maximum atomic E-state index is 12.5. The Kier molecular flexibility index (Phi) is 3.32. The van der Waals surface area contributed by atoms with Gasteiger partial charge in [-0.25, -0.2) is 0 Å². The van der Waals surface area contributed by atoms with E-state index < -0.39 is 17.2 Å². The monoisotopic (exact) mass is 301 g/mol. The van der Waals surface area contributed by atoms with Gasteiger partial charge >= 0.3 is 0 Å². The lowest BCUT2D eigenvalue weighted by Crippen LogP contribution is -2.46. The number of hydrogen-bond acceptors (Lipinski definition) is 4. The van der Waals surface area contributed by atoms with Gasteiger partial charge in [-0.15, -0.1) is 0 Å². The van der Waals surface area contributed by atoms with Crippen LogP contribution in [0.3, 0.4) is 0 Å². The molecule has 22 heavy (non-hydrogen) atoms. The Balaban J connectivity index is 1.92. The zero-order valence-electron chi connectivity index (χ0n) is 11.7. The quantitative estimate of drug-likeness (QED) is 0.584. The van der Waals surface area contributed by atoms with Crippen LogP contribution in [-0.2, 0) is 9.59 Å². The molecule has 0 fully saturated rings. The summed E-state index contributed by atoms with van der Waals surface area (Å²) < 4.78 is 4.95. The molecule has 2 aromatic rings. The number of aromatic nitrogens is 1. The lowest BCUT2D eigenvalue weighted by molar-refractivity contribution is -0.136. The summed E-state index contributed by atoms with van der Waals surface area (Å²) in [6.45, 7) is 0. The lowest BCUT2D eigenvalue weighted by Gasteiger charge is -2.28. The van der Waals surface area contributed by atoms with E-state index in [1.54, 1.807) is 24.3 Å². The molecule has 0 spiro atoms. The van der Waals surface area contributed by atoms with Crippen molar-refractivity contribution in [3.8, 4) is 0 Å². The first-order valence-corrected chi connectivity index (χ1v) is 6.93. The fraction of sp³-hybridized carbons (Fsp3) is 0.267. The zero-order valence-corrected chi connectivity index (χ0v) is 11.7. The van der Waals surface area contributed by atoms with Gasteiger partial charge in [0.05, 0.1) is 5.39 Å². The molecule has 3 rings (SSSR count). The minimum atomic E-state index is -1.34. The molecule has 0 saturated heterocycles. The van der Waals surface area contributed by atoms with Crippen LogP contribution in [0.4, 0.5) is 5.69 Å². The molecule has 1 unspecified atom stereocenters. The number of allylic oxidation sites excluding steroid dienone is 1. The van der Waals surface area contributed by atoms with Gasteiger partial charge in [0.1, 0.15) is 5.41 Å². The highest BCUT2D eigenvalue weighted by atomic mass is 16.5. The molecule has 7 heteroatoms. The maximum Gasteiger partial charge on any atom is 0.287 e. The van der Waals surface area contributed by atoms with Crippen LogP contribution < -0.4 is 16.6 Å². The summed E-state index contributed by atoms with van der Waals surface area (Å²) in [4.78, 5) is 35.8. The van der Waals surface area contributed by atoms with Gasteiger partial charge in [0, 0.05) is 5.69 Å². The second kappa shape index (κ2) is 5.18. The van der Waals surface area contributed by atoms with Crippen molar-refractivity contribution >= 4 is 28.5 Å². The van der Waals surface area contributed by atoms with Crippen LogP contribution in [-0.4, -0.2) is 17.0 Å². The largest absolute Gasteiger partial charge is 0.378 e. The summed E-state index contributed by atoms with van der Waals surface area (Å²) in [5.41, 5.74) is 4.52. The SMILES string of the molecule is NC(=O)C1(C(=O)Nc2ccc3o[nH]c(=O)c3c2)C=CCCC1. The van der Waals surface area contributed by atoms with Crippen molar-refractivity contribution in [1.29, 1.82) is 0 Å². The smallest absolute Gasteiger partial charge is 0.287 e. The molecule has 7 nitrogen and oxygen atoms in total. The average Bonchev–Trinajstić information content (AvgIpc) is 2.89. The minimum absolute atomic E-state index is 0.324. The number of rotatable bonds is 3. The normalized spacial score (nSPS) is 20.9. The van der Waals surface area contributed by atoms with Crippen LogP contribution in [0.5, 0.6) is 0 Å². The summed E-state index contributed by atoms with van der Waals surface area (Å²) in [6.07, 6.45) is 5.26. The maximum absolute atomic E-state index is 12.5. The van der Waals surface area contributed by atoms with Gasteiger partial charge in [-0.3, -0.25) is 14.4 Å². The number of carbonyl (C=O) groups excluding carboxylic acids is 2. The van der Waals surface area contributed by atoms with Crippen LogP contribution in [0.2, 0.25) is 0 Å². The van der Waals surface area contributed by atoms with Gasteiger partial charge in [0.25, 0.3) is 5.56 Å². The molecular formula is C15H15N3O4. The van der Waals surface area contributed by atoms with Crippen LogP contribution in [0.15, 0.2) is 39.7 Å². The number of primary amides is 1. The minimum Gasteiger partial charge on any atom is -0.378 e. The first-order chi connectivity index (χ1) is 10.5. The number of benzene rings is 1. The molecule has 0 aliphatic heterocycles. The number of amides is 2. The van der Waals surface area contributed by atoms with Crippen LogP contribution in [0, 0.1) is 5.41 Å². The summed E-state index contributed by atoms with van der Waals surface area (Å²) in [5, 5.41) is 5.20. The Labute approximate surface area is 125 Å². The number of nitrogens with two attached hydrogens (primary N) is 1. The summed E-state index contributed by atoms with van der Waals surface area (Å²) in [5.74, 6) is -1.17. The summed E-state index contributed by atoms with van der Waals surface area (Å²) in [7, 11) is 0. The number of nitrogens with one attached hydrogen (secondary N) is 2. The predicted molar refractivity (Wildman–Crippen MR) is 80.1 cm³/mol. The molecule has 1 aliphatic rings. The molecule has 0 bridgehead atoms. The van der Waals surface area contributed by atoms with Gasteiger partial charge in [0.2, 0.25) is 11.8 Å². The zero-order chi connectivity index (χ0) is 15.7. The van der Waals surface area contributed by atoms with E-state index in [9.17, 15) is 14.4 Å². The molecular weight excluding hydrogens is 286 g/mol. The van der Waals surface area contributed by atoms with Crippen molar-refractivity contribution in [2.24, 2.45) is 11.1 Å². The van der Waals surface area contributed by atoms with Gasteiger partial charge in [-0.1, -0.05) is 12.2 Å². The van der Waals surface area contributed by atoms with E-state index >= 15 is 0 Å². The number of hydrogen-bond donors (Lipinski definition) is 3. The Morgan fingerprint density at radius 1 is 1.36 bits per heavy atom. The third-order valence-corrected chi connectivity index (χ3v) is 3.92. The Morgan fingerprint density at radius 2 is 2.18 bits per heavy atom. The Bertz CT molecular complexity index is 833. The Morgan fingerprint density at radius 3 is 2.86 bits per heavy atom. The van der Waals surface area contributed by atoms with Crippen molar-refractivity contribution in [2.45, 2.75) is 19.3 Å². The molecule has 4 N–H and O–H groups in total. The standard InChI is InChI=1S/C15H15N3O4/c16-13(20)15(6-2-1-3-7-15)14(21)17-9-4-5-11-10(8-9)12(19)18-22-11/h2,4-6,8H,1,3,7H2,(H2,16,20)(H,17,21)(H,18,19). The molecule has 0 radical (unpaired) electrons. The van der Waals surface area contributed by atoms with Crippen molar-refractivity contribution in [3.05, 3.63) is 40.7 Å². The highest BCUT2D eigenvalue weighted by Gasteiger charge is 2.42. The summed E-state index contributed by atoms with van der Waals surface area (Å²) in [6, 6.07) is 4.66. The van der Waals surface area contributed by atoms with Crippen molar-refractivity contribution in [2.75, 3.05) is 5.32 Å². The van der Waals surface area contributed by atoms with E-state index in [4.69, 9.17) is 10.3 Å². The molecule has 1 aliphatic carbocycles. The molecule has 0 saturated carbocycles. The van der Waals surface area contributed by atoms with Crippen molar-refractivity contribution < 1.29 is 14.1 Å². The molecule has 2 amide bonds. The molecule has 1 aromatic carbocycles. The first-order valence-electron chi connectivity index (χ1n) is 6.93. The van der Waals surface area contributed by atoms with E-state index in [0.29, 0.717) is 29.5 Å². The fourth-order valence-electron chi connectivity index (χ4n) is 2.65. The topological polar surface area (TPSA) is 118 Å². The van der Waals surface area contributed by atoms with E-state index in [0.717, 1.165) is 6.42 Å². The van der Waals surface area contributed by atoms with Gasteiger partial charge in [-0.2, -0.15) is 5.16 Å². The number of fused-ring (bicyclic) bond motifs is 1. The third-order valence-electron chi connectivity index (χ3n) is 3.92. The lowest BCUT2D eigenvalue weighted by atomic mass is 9.77. The first kappa shape index (κ1) is 14.1. The number of anilines is 1. The van der Waals surface area contributed by atoms with Gasteiger partial charge in [-0.05, 0) is 37.5 Å². The van der Waals surface area contributed by atoms with E-state index in [1.165, 1.54) is 6.07 Å². The highest BCUT2D eigenvalue weighted by molar-refractivity contribution is 6.12. The van der Waals surface area contributed by atoms with Gasteiger partial charge < -0.3 is 15.6 Å². The van der Waals surface area contributed by atoms with E-state index in [1.807, 2.05) is 0 Å². The second-order valence-electron chi connectivity index (χ2n) is 5.33. The third kappa shape index (κ3) is 2.20. The predicted octanol–water partition coefficient (Wildman–Crippen LogP) is 1.27. The number of H-pyrrole nitrogens is 1.